The first-order chi connectivity index (χ1) is 16.3. The number of nitrogens with one attached hydrogen (secondary N) is 2. The van der Waals surface area contributed by atoms with Gasteiger partial charge in [-0.15, -0.1) is 11.7 Å². The third kappa shape index (κ3) is 7.30. The highest BCUT2D eigenvalue weighted by Gasteiger charge is 2.28. The molecule has 2 heterocycles. The molecule has 12 heteroatoms. The zero-order chi connectivity index (χ0) is 24.6. The van der Waals surface area contributed by atoms with Crippen LogP contribution >= 0.6 is 0 Å². The van der Waals surface area contributed by atoms with E-state index < -0.39 is 24.5 Å². The van der Waals surface area contributed by atoms with Gasteiger partial charge in [-0.1, -0.05) is 11.3 Å². The maximum absolute atomic E-state index is 12.4. The SMILES string of the molecule is C=CCCCOc1cc(C(=O)NCC(F)(F)F)ccc1-n1cc(C(=O)NCC2CCCO2)nn1. The molecular weight excluding hydrogens is 455 g/mol. The van der Waals surface area contributed by atoms with Crippen LogP contribution in [0.25, 0.3) is 5.69 Å². The highest BCUT2D eigenvalue weighted by molar-refractivity contribution is 5.95. The van der Waals surface area contributed by atoms with E-state index in [2.05, 4.69) is 22.2 Å². The Balaban J connectivity index is 1.75. The zero-order valence-electron chi connectivity index (χ0n) is 18.4. The van der Waals surface area contributed by atoms with Crippen LogP contribution in [0.2, 0.25) is 0 Å². The molecule has 34 heavy (non-hydrogen) atoms. The monoisotopic (exact) mass is 481 g/mol. The van der Waals surface area contributed by atoms with Gasteiger partial charge in [0.25, 0.3) is 11.8 Å². The molecule has 0 aliphatic carbocycles. The smallest absolute Gasteiger partial charge is 0.405 e. The van der Waals surface area contributed by atoms with E-state index in [1.807, 2.05) is 5.32 Å². The largest absolute Gasteiger partial charge is 0.491 e. The van der Waals surface area contributed by atoms with E-state index >= 15 is 0 Å². The van der Waals surface area contributed by atoms with Gasteiger partial charge < -0.3 is 20.1 Å². The number of unbranched alkanes of at least 4 members (excludes halogenated alkanes) is 1. The van der Waals surface area contributed by atoms with Gasteiger partial charge in [0.2, 0.25) is 0 Å². The molecule has 1 aliphatic rings. The van der Waals surface area contributed by atoms with E-state index in [-0.39, 0.29) is 29.7 Å². The first-order valence-corrected chi connectivity index (χ1v) is 10.8. The predicted octanol–water partition coefficient (Wildman–Crippen LogP) is 2.81. The lowest BCUT2D eigenvalue weighted by molar-refractivity contribution is -0.123. The van der Waals surface area contributed by atoms with Gasteiger partial charge >= 0.3 is 6.18 Å². The van der Waals surface area contributed by atoms with Gasteiger partial charge in [0.1, 0.15) is 18.0 Å². The number of amides is 2. The number of hydrogen-bond acceptors (Lipinski definition) is 6. The minimum absolute atomic E-state index is 0.0126. The van der Waals surface area contributed by atoms with Crippen molar-refractivity contribution >= 4 is 11.8 Å². The fraction of sp³-hybridized carbons (Fsp3) is 0.455. The summed E-state index contributed by atoms with van der Waals surface area (Å²) in [4.78, 5) is 24.6. The molecular formula is C22H26F3N5O4. The number of carbonyl (C=O) groups excluding carboxylic acids is 2. The second kappa shape index (κ2) is 11.6. The molecule has 1 aromatic carbocycles. The normalized spacial score (nSPS) is 15.7. The van der Waals surface area contributed by atoms with Crippen LogP contribution in [0, 0.1) is 0 Å². The van der Waals surface area contributed by atoms with Gasteiger partial charge in [-0.05, 0) is 43.9 Å². The minimum atomic E-state index is -4.53. The highest BCUT2D eigenvalue weighted by atomic mass is 19.4. The Morgan fingerprint density at radius 3 is 2.82 bits per heavy atom. The fourth-order valence-electron chi connectivity index (χ4n) is 3.24. The average Bonchev–Trinajstić information content (AvgIpc) is 3.50. The van der Waals surface area contributed by atoms with Crippen molar-refractivity contribution in [3.8, 4) is 11.4 Å². The summed E-state index contributed by atoms with van der Waals surface area (Å²) in [6, 6.07) is 4.14. The van der Waals surface area contributed by atoms with E-state index in [4.69, 9.17) is 9.47 Å². The summed E-state index contributed by atoms with van der Waals surface area (Å²) in [6.07, 6.45) is 1.75. The van der Waals surface area contributed by atoms with Crippen molar-refractivity contribution in [2.24, 2.45) is 0 Å². The standard InChI is InChI=1S/C22H26F3N5O4/c1-2-3-4-9-34-19-11-15(20(31)27-14-22(23,24)25)7-8-18(19)30-13-17(28-29-30)21(32)26-12-16-6-5-10-33-16/h2,7-8,11,13,16H,1,3-6,9-10,12,14H2,(H,26,32)(H,27,31). The first-order valence-electron chi connectivity index (χ1n) is 10.8. The molecule has 1 aromatic heterocycles. The lowest BCUT2D eigenvalue weighted by Crippen LogP contribution is -2.33. The summed E-state index contributed by atoms with van der Waals surface area (Å²) in [6.45, 7) is 3.51. The molecule has 0 radical (unpaired) electrons. The van der Waals surface area contributed by atoms with Crippen molar-refractivity contribution in [1.82, 2.24) is 25.6 Å². The van der Waals surface area contributed by atoms with Crippen LogP contribution in [0.5, 0.6) is 5.75 Å². The number of alkyl halides is 3. The molecule has 1 saturated heterocycles. The Kier molecular flexibility index (Phi) is 8.63. The molecule has 2 N–H and O–H groups in total. The molecule has 2 aromatic rings. The second-order valence-electron chi connectivity index (χ2n) is 7.65. The maximum atomic E-state index is 12.4. The third-order valence-electron chi connectivity index (χ3n) is 4.97. The first kappa shape index (κ1) is 25.2. The number of nitrogens with zero attached hydrogens (tertiary/aromatic N) is 3. The molecule has 2 amide bonds. The van der Waals surface area contributed by atoms with Crippen molar-refractivity contribution in [3.63, 3.8) is 0 Å². The zero-order valence-corrected chi connectivity index (χ0v) is 18.4. The lowest BCUT2D eigenvalue weighted by Gasteiger charge is -2.13. The van der Waals surface area contributed by atoms with E-state index in [0.29, 0.717) is 31.7 Å². The Morgan fingerprint density at radius 1 is 1.29 bits per heavy atom. The van der Waals surface area contributed by atoms with Gasteiger partial charge in [-0.2, -0.15) is 13.2 Å². The molecule has 1 unspecified atom stereocenters. The number of rotatable bonds is 11. The number of hydrogen-bond donors (Lipinski definition) is 2. The summed E-state index contributed by atoms with van der Waals surface area (Å²) in [5.41, 5.74) is 0.431. The van der Waals surface area contributed by atoms with Crippen LogP contribution in [-0.4, -0.2) is 65.4 Å². The Labute approximate surface area is 194 Å². The van der Waals surface area contributed by atoms with Gasteiger partial charge in [0.05, 0.1) is 18.9 Å². The van der Waals surface area contributed by atoms with Crippen LogP contribution < -0.4 is 15.4 Å². The van der Waals surface area contributed by atoms with E-state index in [0.717, 1.165) is 12.8 Å². The number of allylic oxidation sites excluding steroid dienone is 1. The Bertz CT molecular complexity index is 1000. The molecule has 1 aliphatic heterocycles. The third-order valence-corrected chi connectivity index (χ3v) is 4.97. The van der Waals surface area contributed by atoms with Gasteiger partial charge in [0.15, 0.2) is 5.69 Å². The van der Waals surface area contributed by atoms with Crippen molar-refractivity contribution in [2.75, 3.05) is 26.3 Å². The molecule has 1 atom stereocenters. The van der Waals surface area contributed by atoms with Crippen molar-refractivity contribution in [1.29, 1.82) is 0 Å². The fourth-order valence-corrected chi connectivity index (χ4v) is 3.24. The molecule has 9 nitrogen and oxygen atoms in total. The van der Waals surface area contributed by atoms with Crippen LogP contribution in [0.15, 0.2) is 37.1 Å². The predicted molar refractivity (Wildman–Crippen MR) is 116 cm³/mol. The summed E-state index contributed by atoms with van der Waals surface area (Å²) in [7, 11) is 0. The van der Waals surface area contributed by atoms with Crippen molar-refractivity contribution in [2.45, 2.75) is 38.0 Å². The number of benzene rings is 1. The second-order valence-corrected chi connectivity index (χ2v) is 7.65. The molecule has 0 spiro atoms. The maximum Gasteiger partial charge on any atom is 0.405 e. The number of aromatic nitrogens is 3. The molecule has 0 bridgehead atoms. The quantitative estimate of drug-likeness (QED) is 0.378. The van der Waals surface area contributed by atoms with Gasteiger partial charge in [-0.25, -0.2) is 4.68 Å². The summed E-state index contributed by atoms with van der Waals surface area (Å²) >= 11 is 0. The molecule has 3 rings (SSSR count). The Hall–Kier alpha value is -3.41. The lowest BCUT2D eigenvalue weighted by atomic mass is 10.1. The molecule has 0 saturated carbocycles. The topological polar surface area (TPSA) is 107 Å². The van der Waals surface area contributed by atoms with Crippen molar-refractivity contribution in [3.05, 3.63) is 48.3 Å². The van der Waals surface area contributed by atoms with Crippen LogP contribution in [0.4, 0.5) is 13.2 Å². The minimum Gasteiger partial charge on any atom is -0.491 e. The van der Waals surface area contributed by atoms with Crippen LogP contribution in [0.3, 0.4) is 0 Å². The van der Waals surface area contributed by atoms with Crippen molar-refractivity contribution < 1.29 is 32.2 Å². The highest BCUT2D eigenvalue weighted by Crippen LogP contribution is 2.25. The van der Waals surface area contributed by atoms with E-state index in [9.17, 15) is 22.8 Å². The summed E-state index contributed by atoms with van der Waals surface area (Å²) in [5.74, 6) is -1.11. The molecule has 1 fully saturated rings. The Morgan fingerprint density at radius 2 is 2.12 bits per heavy atom. The van der Waals surface area contributed by atoms with E-state index in [1.54, 1.807) is 6.08 Å². The number of ether oxygens (including phenoxy) is 2. The van der Waals surface area contributed by atoms with Gasteiger partial charge in [0, 0.05) is 18.7 Å². The van der Waals surface area contributed by atoms with Gasteiger partial charge in [-0.3, -0.25) is 9.59 Å². The molecule has 184 valence electrons. The summed E-state index contributed by atoms with van der Waals surface area (Å²) < 4.78 is 49.9. The number of halogens is 3. The number of carbonyl (C=O) groups is 2. The average molecular weight is 481 g/mol. The van der Waals surface area contributed by atoms with Crippen LogP contribution in [-0.2, 0) is 4.74 Å². The van der Waals surface area contributed by atoms with E-state index in [1.165, 1.54) is 29.1 Å². The summed E-state index contributed by atoms with van der Waals surface area (Å²) in [5, 5.41) is 12.4. The van der Waals surface area contributed by atoms with Crippen LogP contribution in [0.1, 0.15) is 46.5 Å².